The van der Waals surface area contributed by atoms with Gasteiger partial charge in [-0.1, -0.05) is 59.8 Å². The van der Waals surface area contributed by atoms with Gasteiger partial charge in [0.15, 0.2) is 0 Å². The molecule has 0 radical (unpaired) electrons. The van der Waals surface area contributed by atoms with Gasteiger partial charge in [-0.15, -0.1) is 0 Å². The van der Waals surface area contributed by atoms with Gasteiger partial charge in [-0.25, -0.2) is 0 Å². The van der Waals surface area contributed by atoms with Crippen LogP contribution in [0, 0.1) is 5.92 Å². The Hall–Kier alpha value is -3.25. The molecule has 0 bridgehead atoms. The van der Waals surface area contributed by atoms with E-state index < -0.39 is 11.6 Å². The van der Waals surface area contributed by atoms with Crippen LogP contribution in [0.1, 0.15) is 86.8 Å². The number of carboxylic acids is 1. The second kappa shape index (κ2) is 18.1. The van der Waals surface area contributed by atoms with Crippen molar-refractivity contribution in [2.45, 2.75) is 87.7 Å². The van der Waals surface area contributed by atoms with E-state index in [0.29, 0.717) is 0 Å². The summed E-state index contributed by atoms with van der Waals surface area (Å²) in [7, 11) is 1.83. The predicted octanol–water partition coefficient (Wildman–Crippen LogP) is 8.09. The second-order valence-electron chi connectivity index (χ2n) is 9.93. The number of hydrogen-bond acceptors (Lipinski definition) is 5. The first-order chi connectivity index (χ1) is 18.4. The number of ether oxygens (including phenoxy) is 1. The third kappa shape index (κ3) is 12.4. The lowest BCUT2D eigenvalue weighted by molar-refractivity contribution is -0.137. The molecule has 216 valence electrons. The third-order valence-corrected chi connectivity index (χ3v) is 5.10. The first-order valence-electron chi connectivity index (χ1n) is 13.9. The summed E-state index contributed by atoms with van der Waals surface area (Å²) in [5.41, 5.74) is 6.32. The van der Waals surface area contributed by atoms with Crippen molar-refractivity contribution in [2.75, 3.05) is 13.7 Å². The van der Waals surface area contributed by atoms with Gasteiger partial charge in [-0.05, 0) is 69.0 Å². The highest BCUT2D eigenvalue weighted by Gasteiger charge is 2.18. The molecular formula is C33H50N2O4. The molecule has 39 heavy (non-hydrogen) atoms. The van der Waals surface area contributed by atoms with Crippen molar-refractivity contribution in [1.82, 2.24) is 4.98 Å². The van der Waals surface area contributed by atoms with Gasteiger partial charge in [0.1, 0.15) is 5.75 Å². The van der Waals surface area contributed by atoms with Crippen LogP contribution in [0.5, 0.6) is 5.75 Å². The maximum Gasteiger partial charge on any atom is 0.303 e. The minimum absolute atomic E-state index is 0.275. The molecule has 6 heteroatoms. The molecule has 0 amide bonds. The molecule has 2 heterocycles. The second-order valence-corrected chi connectivity index (χ2v) is 9.93. The molecule has 1 aliphatic heterocycles. The molecule has 2 N–H and O–H groups in total. The first kappa shape index (κ1) is 35.8. The molecule has 1 aliphatic carbocycles. The zero-order chi connectivity index (χ0) is 30.2. The molecule has 6 nitrogen and oxygen atoms in total. The summed E-state index contributed by atoms with van der Waals surface area (Å²) in [5.74, 6) is 0.506. The summed E-state index contributed by atoms with van der Waals surface area (Å²) in [6.45, 7) is 19.9. The summed E-state index contributed by atoms with van der Waals surface area (Å²) in [6.07, 6.45) is 11.3. The van der Waals surface area contributed by atoms with Crippen LogP contribution in [0.3, 0.4) is 0 Å². The summed E-state index contributed by atoms with van der Waals surface area (Å²) < 4.78 is 5.81. The molecule has 0 saturated carbocycles. The van der Waals surface area contributed by atoms with Gasteiger partial charge in [-0.2, -0.15) is 0 Å². The number of aliphatic carboxylic acids is 1. The number of carbonyl (C=O) groups is 1. The molecule has 0 saturated heterocycles. The van der Waals surface area contributed by atoms with Crippen LogP contribution in [-0.4, -0.2) is 46.1 Å². The first-order valence-corrected chi connectivity index (χ1v) is 13.9. The summed E-state index contributed by atoms with van der Waals surface area (Å²) >= 11 is 0. The van der Waals surface area contributed by atoms with Crippen molar-refractivity contribution >= 4 is 28.2 Å². The van der Waals surface area contributed by atoms with E-state index in [1.54, 1.807) is 20.8 Å². The van der Waals surface area contributed by atoms with Crippen LogP contribution in [0.2, 0.25) is 0 Å². The highest BCUT2D eigenvalue weighted by Crippen LogP contribution is 2.37. The number of allylic oxidation sites excluding steroid dienone is 6. The Kier molecular flexibility index (Phi) is 16.6. The highest BCUT2D eigenvalue weighted by atomic mass is 16.5. The monoisotopic (exact) mass is 538 g/mol. The average Bonchev–Trinajstić information content (AvgIpc) is 2.90. The fourth-order valence-corrected chi connectivity index (χ4v) is 3.68. The van der Waals surface area contributed by atoms with Crippen LogP contribution in [0.25, 0.3) is 16.5 Å². The van der Waals surface area contributed by atoms with Crippen molar-refractivity contribution in [3.8, 4) is 5.75 Å². The topological polar surface area (TPSA) is 92.0 Å². The van der Waals surface area contributed by atoms with E-state index in [0.717, 1.165) is 46.5 Å². The molecule has 2 aliphatic rings. The molecule has 0 unspecified atom stereocenters. The molecular weight excluding hydrogens is 488 g/mol. The maximum atomic E-state index is 9.81. The number of aromatic nitrogens is 1. The fraction of sp³-hybridized carbons (Fsp3) is 0.485. The molecule has 4 rings (SSSR count). The Morgan fingerprint density at radius 3 is 2.18 bits per heavy atom. The number of aliphatic hydroxyl groups is 1. The van der Waals surface area contributed by atoms with Crippen LogP contribution in [-0.2, 0) is 11.2 Å². The largest absolute Gasteiger partial charge is 0.493 e. The number of benzene rings is 1. The Labute approximate surface area is 236 Å². The lowest BCUT2D eigenvalue weighted by atomic mass is 9.92. The Bertz CT molecular complexity index is 1150. The van der Waals surface area contributed by atoms with Crippen LogP contribution < -0.4 is 4.74 Å². The molecule has 0 fully saturated rings. The standard InChI is InChI=1S/C20H18N2O.C5H10O2.C4H10O.2C2H6/c1-13(15-5-3-4-6-17(15)21-2)16-7-8-18-19-14(10-12-23-18)9-11-22-20(16)19;1-4(2)3-5(6)7;1-4(2,3)5;2*1-2/h3-9,11H,10,12H2,1-2H3;4H,3H2,1-2H3,(H,6,7);5H,1-3H3;2*1-2H3/b15-13+,21-17?;;;;. The normalized spacial score (nSPS) is 15.4. The smallest absolute Gasteiger partial charge is 0.303 e. The summed E-state index contributed by atoms with van der Waals surface area (Å²) in [6, 6.07) is 6.28. The van der Waals surface area contributed by atoms with E-state index >= 15 is 0 Å². The molecule has 2 aromatic rings. The number of aliphatic imine (C=N–C) groups is 1. The van der Waals surface area contributed by atoms with E-state index in [9.17, 15) is 4.79 Å². The van der Waals surface area contributed by atoms with Crippen LogP contribution in [0.4, 0.5) is 0 Å². The van der Waals surface area contributed by atoms with Gasteiger partial charge in [0, 0.05) is 42.6 Å². The van der Waals surface area contributed by atoms with E-state index in [4.69, 9.17) is 14.9 Å². The quantitative estimate of drug-likeness (QED) is 0.412. The lowest BCUT2D eigenvalue weighted by Gasteiger charge is -2.20. The van der Waals surface area contributed by atoms with Crippen molar-refractivity contribution in [3.63, 3.8) is 0 Å². The van der Waals surface area contributed by atoms with E-state index in [1.165, 1.54) is 11.1 Å². The molecule has 0 atom stereocenters. The summed E-state index contributed by atoms with van der Waals surface area (Å²) in [5, 5.41) is 17.8. The number of nitrogens with zero attached hydrogens (tertiary/aromatic N) is 2. The van der Waals surface area contributed by atoms with Crippen molar-refractivity contribution < 1.29 is 19.7 Å². The van der Waals surface area contributed by atoms with Crippen LogP contribution in [0.15, 0.2) is 59.3 Å². The zero-order valence-corrected chi connectivity index (χ0v) is 25.9. The Balaban J connectivity index is 0.000000754. The SMILES string of the molecule is CC.CC.CC(C)(C)O.CC(C)CC(=O)O.CN=C1C=CC=C/C1=C(/C)c1ccc2c3c(ccnc13)CCO2. The number of pyridine rings is 1. The van der Waals surface area contributed by atoms with Gasteiger partial charge < -0.3 is 14.9 Å². The Morgan fingerprint density at radius 1 is 1.08 bits per heavy atom. The van der Waals surface area contributed by atoms with Gasteiger partial charge in [0.2, 0.25) is 0 Å². The van der Waals surface area contributed by atoms with E-state index in [1.807, 2.05) is 66.9 Å². The molecule has 1 aromatic carbocycles. The van der Waals surface area contributed by atoms with E-state index in [2.05, 4.69) is 47.3 Å². The number of carboxylic acid groups (broad SMARTS) is 1. The zero-order valence-electron chi connectivity index (χ0n) is 25.9. The number of rotatable bonds is 3. The van der Waals surface area contributed by atoms with E-state index in [-0.39, 0.29) is 12.3 Å². The Morgan fingerprint density at radius 2 is 1.67 bits per heavy atom. The van der Waals surface area contributed by atoms with Crippen molar-refractivity contribution in [2.24, 2.45) is 10.9 Å². The van der Waals surface area contributed by atoms with Crippen molar-refractivity contribution in [1.29, 1.82) is 0 Å². The van der Waals surface area contributed by atoms with Gasteiger partial charge in [0.05, 0.1) is 23.4 Å². The van der Waals surface area contributed by atoms with Gasteiger partial charge in [0.25, 0.3) is 0 Å². The lowest BCUT2D eigenvalue weighted by Crippen LogP contribution is -2.10. The van der Waals surface area contributed by atoms with Crippen LogP contribution >= 0.6 is 0 Å². The number of hydrogen-bond donors (Lipinski definition) is 2. The minimum Gasteiger partial charge on any atom is -0.493 e. The molecule has 1 aromatic heterocycles. The van der Waals surface area contributed by atoms with Gasteiger partial charge in [-0.3, -0.25) is 14.8 Å². The maximum absolute atomic E-state index is 9.81. The average molecular weight is 539 g/mol. The van der Waals surface area contributed by atoms with Gasteiger partial charge >= 0.3 is 5.97 Å². The fourth-order valence-electron chi connectivity index (χ4n) is 3.68. The summed E-state index contributed by atoms with van der Waals surface area (Å²) in [4.78, 5) is 18.9. The highest BCUT2D eigenvalue weighted by molar-refractivity contribution is 6.17. The third-order valence-electron chi connectivity index (χ3n) is 5.10. The predicted molar refractivity (Wildman–Crippen MR) is 167 cm³/mol. The van der Waals surface area contributed by atoms with Crippen molar-refractivity contribution in [3.05, 3.63) is 65.4 Å². The minimum atomic E-state index is -0.713. The molecule has 0 spiro atoms.